The molecule has 1 aliphatic heterocycles. The van der Waals surface area contributed by atoms with Crippen LogP contribution in [0.25, 0.3) is 10.9 Å². The third-order valence-corrected chi connectivity index (χ3v) is 7.02. The lowest BCUT2D eigenvalue weighted by Crippen LogP contribution is -2.35. The third kappa shape index (κ3) is 4.92. The highest BCUT2D eigenvalue weighted by atomic mass is 32.2. The summed E-state index contributed by atoms with van der Waals surface area (Å²) in [6, 6.07) is 7.15. The molecule has 1 amide bonds. The summed E-state index contributed by atoms with van der Waals surface area (Å²) in [6.45, 7) is 2.99. The predicted molar refractivity (Wildman–Crippen MR) is 109 cm³/mol. The number of sulfonamides is 1. The average molecular weight is 408 g/mol. The van der Waals surface area contributed by atoms with E-state index in [2.05, 4.69) is 5.32 Å². The van der Waals surface area contributed by atoms with E-state index in [1.807, 2.05) is 22.9 Å². The molecule has 0 spiro atoms. The third-order valence-electron chi connectivity index (χ3n) is 5.12. The second-order valence-electron chi connectivity index (χ2n) is 7.14. The first kappa shape index (κ1) is 20.8. The van der Waals surface area contributed by atoms with Gasteiger partial charge in [-0.05, 0) is 43.5 Å². The second-order valence-corrected chi connectivity index (χ2v) is 9.08. The van der Waals surface area contributed by atoms with Crippen molar-refractivity contribution >= 4 is 26.8 Å². The normalized spacial score (nSPS) is 15.8. The Labute approximate surface area is 166 Å². The molecule has 1 aromatic heterocycles. The number of fused-ring (bicyclic) bond motifs is 1. The maximum Gasteiger partial charge on any atom is 0.243 e. The smallest absolute Gasteiger partial charge is 0.243 e. The first-order chi connectivity index (χ1) is 13.5. The van der Waals surface area contributed by atoms with Gasteiger partial charge in [0.15, 0.2) is 0 Å². The Morgan fingerprint density at radius 3 is 2.71 bits per heavy atom. The Balaban J connectivity index is 1.65. The van der Waals surface area contributed by atoms with E-state index in [-0.39, 0.29) is 5.91 Å². The van der Waals surface area contributed by atoms with Gasteiger partial charge in [0.05, 0.1) is 4.90 Å². The minimum absolute atomic E-state index is 0.00208. The first-order valence-corrected chi connectivity index (χ1v) is 11.3. The Hall–Kier alpha value is -1.90. The lowest BCUT2D eigenvalue weighted by molar-refractivity contribution is -0.121. The summed E-state index contributed by atoms with van der Waals surface area (Å²) in [5.41, 5.74) is 0.935. The molecule has 1 N–H and O–H groups in total. The number of piperidine rings is 1. The van der Waals surface area contributed by atoms with Crippen LogP contribution in [0.4, 0.5) is 0 Å². The predicted octanol–water partition coefficient (Wildman–Crippen LogP) is 2.36. The molecule has 0 aliphatic carbocycles. The van der Waals surface area contributed by atoms with Gasteiger partial charge in [-0.3, -0.25) is 4.79 Å². The van der Waals surface area contributed by atoms with E-state index < -0.39 is 10.0 Å². The Morgan fingerprint density at radius 1 is 1.18 bits per heavy atom. The molecule has 2 aromatic rings. The number of amides is 1. The van der Waals surface area contributed by atoms with Crippen molar-refractivity contribution in [3.8, 4) is 0 Å². The number of methoxy groups -OCH3 is 1. The number of ether oxygens (including phenoxy) is 1. The molecule has 2 heterocycles. The molecule has 0 unspecified atom stereocenters. The van der Waals surface area contributed by atoms with Crippen LogP contribution in [0.15, 0.2) is 35.4 Å². The molecular formula is C20H29N3O4S. The molecule has 0 atom stereocenters. The summed E-state index contributed by atoms with van der Waals surface area (Å²) in [5.74, 6) is 0.00208. The first-order valence-electron chi connectivity index (χ1n) is 9.87. The summed E-state index contributed by atoms with van der Waals surface area (Å²) in [7, 11) is -1.79. The van der Waals surface area contributed by atoms with Crippen molar-refractivity contribution in [1.82, 2.24) is 14.2 Å². The van der Waals surface area contributed by atoms with Crippen molar-refractivity contribution < 1.29 is 17.9 Å². The lowest BCUT2D eigenvalue weighted by Gasteiger charge is -2.25. The summed E-state index contributed by atoms with van der Waals surface area (Å²) >= 11 is 0. The van der Waals surface area contributed by atoms with E-state index in [4.69, 9.17) is 4.74 Å². The number of aromatic nitrogens is 1. The van der Waals surface area contributed by atoms with Crippen molar-refractivity contribution in [3.63, 3.8) is 0 Å². The van der Waals surface area contributed by atoms with E-state index in [1.54, 1.807) is 23.5 Å². The van der Waals surface area contributed by atoms with Crippen molar-refractivity contribution in [3.05, 3.63) is 30.5 Å². The van der Waals surface area contributed by atoms with Crippen LogP contribution >= 0.6 is 0 Å². The zero-order chi connectivity index (χ0) is 20.0. The number of rotatable bonds is 9. The molecule has 0 saturated carbocycles. The topological polar surface area (TPSA) is 80.6 Å². The highest BCUT2D eigenvalue weighted by Crippen LogP contribution is 2.25. The maximum absolute atomic E-state index is 12.9. The zero-order valence-electron chi connectivity index (χ0n) is 16.4. The fraction of sp³-hybridized carbons (Fsp3) is 0.550. The molecule has 1 fully saturated rings. The Kier molecular flexibility index (Phi) is 7.09. The highest BCUT2D eigenvalue weighted by molar-refractivity contribution is 7.89. The van der Waals surface area contributed by atoms with E-state index in [1.165, 1.54) is 0 Å². The van der Waals surface area contributed by atoms with Gasteiger partial charge in [0.1, 0.15) is 0 Å². The largest absolute Gasteiger partial charge is 0.385 e. The van der Waals surface area contributed by atoms with Crippen LogP contribution in [0.1, 0.15) is 32.1 Å². The van der Waals surface area contributed by atoms with Gasteiger partial charge in [-0.1, -0.05) is 6.42 Å². The number of nitrogens with zero attached hydrogens (tertiary/aromatic N) is 2. The summed E-state index contributed by atoms with van der Waals surface area (Å²) in [5, 5.41) is 3.75. The van der Waals surface area contributed by atoms with Crippen molar-refractivity contribution in [2.75, 3.05) is 33.4 Å². The van der Waals surface area contributed by atoms with Crippen LogP contribution in [-0.4, -0.2) is 56.5 Å². The molecule has 0 radical (unpaired) electrons. The molecule has 0 bridgehead atoms. The lowest BCUT2D eigenvalue weighted by atomic mass is 10.2. The van der Waals surface area contributed by atoms with Crippen LogP contribution in [0.3, 0.4) is 0 Å². The monoisotopic (exact) mass is 407 g/mol. The fourth-order valence-electron chi connectivity index (χ4n) is 3.54. The number of carbonyl (C=O) groups is 1. The van der Waals surface area contributed by atoms with Gasteiger partial charge >= 0.3 is 0 Å². The minimum Gasteiger partial charge on any atom is -0.385 e. The van der Waals surface area contributed by atoms with E-state index >= 15 is 0 Å². The summed E-state index contributed by atoms with van der Waals surface area (Å²) in [6.07, 6.45) is 6.01. The van der Waals surface area contributed by atoms with Crippen LogP contribution in [-0.2, 0) is 26.1 Å². The van der Waals surface area contributed by atoms with Crippen LogP contribution in [0.2, 0.25) is 0 Å². The molecule has 7 nitrogen and oxygen atoms in total. The van der Waals surface area contributed by atoms with Gasteiger partial charge in [0.25, 0.3) is 0 Å². The minimum atomic E-state index is -3.44. The Bertz CT molecular complexity index is 901. The number of hydrogen-bond acceptors (Lipinski definition) is 4. The van der Waals surface area contributed by atoms with Crippen molar-refractivity contribution in [2.45, 2.75) is 43.5 Å². The number of carbonyl (C=O) groups excluding carboxylic acids is 1. The molecular weight excluding hydrogens is 378 g/mol. The SMILES string of the molecule is COCCCNC(=O)CCn1ccc2cc(S(=O)(=O)N3CCCCC3)ccc21. The van der Waals surface area contributed by atoms with Crippen LogP contribution < -0.4 is 5.32 Å². The van der Waals surface area contributed by atoms with Crippen LogP contribution in [0, 0.1) is 0 Å². The van der Waals surface area contributed by atoms with E-state index in [0.29, 0.717) is 44.1 Å². The number of benzene rings is 1. The molecule has 8 heteroatoms. The van der Waals surface area contributed by atoms with Gasteiger partial charge in [-0.2, -0.15) is 4.31 Å². The number of nitrogens with one attached hydrogen (secondary N) is 1. The van der Waals surface area contributed by atoms with Gasteiger partial charge in [-0.25, -0.2) is 8.42 Å². The van der Waals surface area contributed by atoms with Gasteiger partial charge in [0.2, 0.25) is 15.9 Å². The summed E-state index contributed by atoms with van der Waals surface area (Å²) < 4.78 is 34.2. The zero-order valence-corrected chi connectivity index (χ0v) is 17.2. The molecule has 3 rings (SSSR count). The number of aryl methyl sites for hydroxylation is 1. The maximum atomic E-state index is 12.9. The van der Waals surface area contributed by atoms with Crippen molar-refractivity contribution in [2.24, 2.45) is 0 Å². The Morgan fingerprint density at radius 2 is 1.96 bits per heavy atom. The molecule has 28 heavy (non-hydrogen) atoms. The summed E-state index contributed by atoms with van der Waals surface area (Å²) in [4.78, 5) is 12.3. The van der Waals surface area contributed by atoms with E-state index in [0.717, 1.165) is 36.6 Å². The average Bonchev–Trinajstić information content (AvgIpc) is 3.12. The van der Waals surface area contributed by atoms with Crippen LogP contribution in [0.5, 0.6) is 0 Å². The molecule has 154 valence electrons. The van der Waals surface area contributed by atoms with Gasteiger partial charge < -0.3 is 14.6 Å². The van der Waals surface area contributed by atoms with Gasteiger partial charge in [0, 0.05) is 63.4 Å². The number of hydrogen-bond donors (Lipinski definition) is 1. The highest BCUT2D eigenvalue weighted by Gasteiger charge is 2.26. The van der Waals surface area contributed by atoms with Crippen molar-refractivity contribution in [1.29, 1.82) is 0 Å². The fourth-order valence-corrected chi connectivity index (χ4v) is 5.10. The van der Waals surface area contributed by atoms with Gasteiger partial charge in [-0.15, -0.1) is 0 Å². The quantitative estimate of drug-likeness (QED) is 0.647. The molecule has 1 saturated heterocycles. The second kappa shape index (κ2) is 9.54. The molecule has 1 aromatic carbocycles. The van der Waals surface area contributed by atoms with E-state index in [9.17, 15) is 13.2 Å². The molecule has 1 aliphatic rings. The standard InChI is InChI=1S/C20H29N3O4S/c1-27-15-5-10-21-20(24)9-14-22-13-8-17-16-18(6-7-19(17)22)28(25,26)23-11-3-2-4-12-23/h6-8,13,16H,2-5,9-12,14-15H2,1H3,(H,21,24).